The second kappa shape index (κ2) is 20.7. The molecule has 1 saturated carbocycles. The van der Waals surface area contributed by atoms with Crippen molar-refractivity contribution in [1.82, 2.24) is 4.90 Å². The van der Waals surface area contributed by atoms with Crippen LogP contribution < -0.4 is 0 Å². The average molecular weight is 870 g/mol. The van der Waals surface area contributed by atoms with Gasteiger partial charge in [0.15, 0.2) is 0 Å². The number of piperidine rings is 1. The molecule has 0 aromatic carbocycles. The summed E-state index contributed by atoms with van der Waals surface area (Å²) in [5, 5.41) is 11.8. The lowest BCUT2D eigenvalue weighted by atomic mass is 9.76. The van der Waals surface area contributed by atoms with Crippen LogP contribution in [0, 0.1) is 35.0 Å². The molecule has 13 heteroatoms. The number of ether oxygens (including phenoxy) is 6. The first-order chi connectivity index (χ1) is 29.2. The SMILES string of the molecule is CCC1C=C(C)CC(C)CC(OC)C2O[C@H](C(=O)C(=O)N3CCCCC3C(=O)OC(C(C)=CC34C=C3C(OC)C(C(=O)OC(C)(C)C)CC4)C(C)C(O)CC1=O)C(C)CC2OC. The third-order valence-electron chi connectivity index (χ3n) is 14.0. The third-order valence-corrected chi connectivity index (χ3v) is 14.0. The molecule has 3 fully saturated rings. The van der Waals surface area contributed by atoms with E-state index in [1.807, 2.05) is 60.6 Å². The number of nitrogens with zero attached hydrogens (tertiary/aromatic N) is 1. The number of aliphatic hydroxyl groups is 1. The fourth-order valence-electron chi connectivity index (χ4n) is 10.5. The second-order valence-corrected chi connectivity index (χ2v) is 20.0. The van der Waals surface area contributed by atoms with E-state index in [1.165, 1.54) is 4.90 Å². The number of carbonyl (C=O) groups is 5. The normalized spacial score (nSPS) is 38.4. The number of hydrogen-bond donors (Lipinski definition) is 1. The van der Waals surface area contributed by atoms with E-state index in [-0.39, 0.29) is 42.7 Å². The second-order valence-electron chi connectivity index (χ2n) is 20.0. The summed E-state index contributed by atoms with van der Waals surface area (Å²) in [4.78, 5) is 71.6. The Morgan fingerprint density at radius 2 is 1.66 bits per heavy atom. The molecular formula is C49H75NO12. The van der Waals surface area contributed by atoms with Crippen LogP contribution >= 0.6 is 0 Å². The lowest BCUT2D eigenvalue weighted by Gasteiger charge is -2.43. The van der Waals surface area contributed by atoms with Crippen molar-refractivity contribution < 1.29 is 57.5 Å². The first-order valence-corrected chi connectivity index (χ1v) is 23.0. The van der Waals surface area contributed by atoms with Crippen molar-refractivity contribution in [3.8, 4) is 0 Å². The molecule has 3 heterocycles. The van der Waals surface area contributed by atoms with Crippen LogP contribution in [0.15, 0.2) is 34.9 Å². The zero-order chi connectivity index (χ0) is 45.8. The number of methoxy groups -OCH3 is 3. The van der Waals surface area contributed by atoms with Gasteiger partial charge in [-0.1, -0.05) is 51.5 Å². The van der Waals surface area contributed by atoms with Gasteiger partial charge in [-0.05, 0) is 115 Å². The topological polar surface area (TPSA) is 164 Å². The molecule has 0 radical (unpaired) electrons. The minimum atomic E-state index is -1.17. The molecule has 0 aromatic rings. The summed E-state index contributed by atoms with van der Waals surface area (Å²) >= 11 is 0. The minimum absolute atomic E-state index is 0.111. The van der Waals surface area contributed by atoms with Crippen molar-refractivity contribution in [1.29, 1.82) is 0 Å². The summed E-state index contributed by atoms with van der Waals surface area (Å²) in [5.41, 5.74) is 1.46. The standard InChI is InChI=1S/C49H75NO12/c1-13-32-21-27(2)20-28(3)22-38(57-10)44-39(58-11)23-29(4)42(60-44)40(53)45(54)50-19-15-14-16-35(50)47(56)61-41(31(6)36(51)24-37(32)52)30(5)25-49-18-17-33(43(59-12)34(49)26-49)46(55)62-48(7,8)9/h21,25-26,28-29,31-33,35-36,38-39,41-44,51H,13-20,22-24H2,1-12H3/t28?,29?,31?,32?,33?,35?,36?,38?,39?,41?,42-,43?,44?,49?/m0/s1. The quantitative estimate of drug-likeness (QED) is 0.165. The van der Waals surface area contributed by atoms with E-state index in [0.717, 1.165) is 11.1 Å². The maximum Gasteiger partial charge on any atom is 0.329 e. The summed E-state index contributed by atoms with van der Waals surface area (Å²) in [6.45, 7) is 17.3. The van der Waals surface area contributed by atoms with Gasteiger partial charge in [-0.3, -0.25) is 19.2 Å². The Bertz CT molecular complexity index is 1740. The molecule has 0 aromatic heterocycles. The Labute approximate surface area is 369 Å². The maximum absolute atomic E-state index is 14.5. The molecule has 0 spiro atoms. The zero-order valence-corrected chi connectivity index (χ0v) is 39.4. The number of fused-ring (bicyclic) bond motifs is 4. The third kappa shape index (κ3) is 11.3. The molecule has 2 saturated heterocycles. The summed E-state index contributed by atoms with van der Waals surface area (Å²) in [6, 6.07) is -1.04. The van der Waals surface area contributed by atoms with Crippen molar-refractivity contribution in [3.05, 3.63) is 34.9 Å². The number of hydrogen-bond acceptors (Lipinski definition) is 12. The predicted molar refractivity (Wildman–Crippen MR) is 233 cm³/mol. The first kappa shape index (κ1) is 49.8. The Morgan fingerprint density at radius 3 is 2.29 bits per heavy atom. The van der Waals surface area contributed by atoms with E-state index in [1.54, 1.807) is 28.3 Å². The van der Waals surface area contributed by atoms with Crippen molar-refractivity contribution in [2.75, 3.05) is 27.9 Å². The predicted octanol–water partition coefficient (Wildman–Crippen LogP) is 6.67. The highest BCUT2D eigenvalue weighted by molar-refractivity contribution is 6.38. The molecule has 3 aliphatic heterocycles. The van der Waals surface area contributed by atoms with Crippen LogP contribution in [0.5, 0.6) is 0 Å². The van der Waals surface area contributed by atoms with Gasteiger partial charge in [0, 0.05) is 51.5 Å². The molecule has 13 unspecified atom stereocenters. The van der Waals surface area contributed by atoms with Crippen LogP contribution in [0.4, 0.5) is 0 Å². The van der Waals surface area contributed by atoms with E-state index in [4.69, 9.17) is 28.4 Å². The van der Waals surface area contributed by atoms with E-state index >= 15 is 0 Å². The van der Waals surface area contributed by atoms with Gasteiger partial charge in [0.2, 0.25) is 5.78 Å². The van der Waals surface area contributed by atoms with Crippen LogP contribution in [-0.2, 0) is 52.4 Å². The monoisotopic (exact) mass is 870 g/mol. The molecule has 348 valence electrons. The zero-order valence-electron chi connectivity index (χ0n) is 39.4. The van der Waals surface area contributed by atoms with Crippen LogP contribution in [0.1, 0.15) is 127 Å². The molecule has 2 bridgehead atoms. The summed E-state index contributed by atoms with van der Waals surface area (Å²) in [7, 11) is 4.80. The molecular weight excluding hydrogens is 795 g/mol. The lowest BCUT2D eigenvalue weighted by molar-refractivity contribution is -0.199. The highest BCUT2D eigenvalue weighted by Gasteiger charge is 2.55. The Kier molecular flexibility index (Phi) is 16.6. The number of Topliss-reactive ketones (excluding diaryl/α,β-unsaturated/α-hetero) is 2. The maximum atomic E-state index is 14.5. The van der Waals surface area contributed by atoms with Gasteiger partial charge < -0.3 is 38.4 Å². The molecule has 13 nitrogen and oxygen atoms in total. The number of cyclic esters (lactones) is 1. The molecule has 5 aliphatic rings. The molecule has 1 N–H and O–H groups in total. The van der Waals surface area contributed by atoms with Crippen LogP contribution in [-0.4, -0.2) is 122 Å². The Balaban J connectivity index is 1.50. The van der Waals surface area contributed by atoms with Crippen LogP contribution in [0.25, 0.3) is 0 Å². The van der Waals surface area contributed by atoms with Gasteiger partial charge in [-0.25, -0.2) is 4.79 Å². The summed E-state index contributed by atoms with van der Waals surface area (Å²) in [6.07, 6.45) is 5.75. The Hall–Kier alpha value is -3.23. The van der Waals surface area contributed by atoms with Crippen molar-refractivity contribution in [2.45, 2.75) is 181 Å². The first-order valence-electron chi connectivity index (χ1n) is 23.0. The van der Waals surface area contributed by atoms with Gasteiger partial charge in [-0.2, -0.15) is 0 Å². The van der Waals surface area contributed by atoms with Gasteiger partial charge in [0.05, 0.1) is 30.3 Å². The number of carbonyl (C=O) groups excluding carboxylic acids is 5. The van der Waals surface area contributed by atoms with Gasteiger partial charge in [0.25, 0.3) is 5.91 Å². The van der Waals surface area contributed by atoms with Crippen LogP contribution in [0.2, 0.25) is 0 Å². The van der Waals surface area contributed by atoms with Crippen LogP contribution in [0.3, 0.4) is 0 Å². The molecule has 14 atom stereocenters. The largest absolute Gasteiger partial charge is 0.460 e. The lowest BCUT2D eigenvalue weighted by Crippen LogP contribution is -2.58. The van der Waals surface area contributed by atoms with Crippen molar-refractivity contribution >= 4 is 29.4 Å². The molecule has 2 aliphatic carbocycles. The number of esters is 2. The number of allylic oxidation sites excluding steroid dienone is 4. The van der Waals surface area contributed by atoms with Crippen molar-refractivity contribution in [2.24, 2.45) is 35.0 Å². The van der Waals surface area contributed by atoms with E-state index in [9.17, 15) is 29.1 Å². The van der Waals surface area contributed by atoms with Gasteiger partial charge >= 0.3 is 11.9 Å². The van der Waals surface area contributed by atoms with E-state index in [2.05, 4.69) is 13.0 Å². The fourth-order valence-corrected chi connectivity index (χ4v) is 10.5. The number of aliphatic hydroxyl groups excluding tert-OH is 1. The number of amides is 1. The number of rotatable bonds is 7. The van der Waals surface area contributed by atoms with E-state index < -0.39 is 89.1 Å². The highest BCUT2D eigenvalue weighted by Crippen LogP contribution is 2.58. The molecule has 5 rings (SSSR count). The van der Waals surface area contributed by atoms with Crippen molar-refractivity contribution in [3.63, 3.8) is 0 Å². The van der Waals surface area contributed by atoms with E-state index in [0.29, 0.717) is 63.4 Å². The fraction of sp³-hybridized carbons (Fsp3) is 0.776. The molecule has 1 amide bonds. The minimum Gasteiger partial charge on any atom is -0.460 e. The molecule has 62 heavy (non-hydrogen) atoms. The van der Waals surface area contributed by atoms with Gasteiger partial charge in [-0.15, -0.1) is 0 Å². The van der Waals surface area contributed by atoms with Gasteiger partial charge in [0.1, 0.15) is 35.7 Å². The smallest absolute Gasteiger partial charge is 0.329 e. The summed E-state index contributed by atoms with van der Waals surface area (Å²) < 4.78 is 36.5. The number of ketones is 2. The highest BCUT2D eigenvalue weighted by atomic mass is 16.6. The Morgan fingerprint density at radius 1 is 0.984 bits per heavy atom. The summed E-state index contributed by atoms with van der Waals surface area (Å²) in [5.74, 6) is -4.48. The average Bonchev–Trinajstić information content (AvgIpc) is 3.95.